The summed E-state index contributed by atoms with van der Waals surface area (Å²) in [5.74, 6) is 1.88. The van der Waals surface area contributed by atoms with Gasteiger partial charge in [-0.25, -0.2) is 5.06 Å². The van der Waals surface area contributed by atoms with Crippen LogP contribution in [0.2, 0.25) is 0 Å². The number of unbranched alkanes of at least 4 members (excludes halogenated alkanes) is 2. The molecule has 134 valence electrons. The van der Waals surface area contributed by atoms with Crippen LogP contribution >= 0.6 is 0 Å². The molecule has 1 aromatic heterocycles. The maximum absolute atomic E-state index is 10.7. The molecule has 0 bridgehead atoms. The van der Waals surface area contributed by atoms with Gasteiger partial charge < -0.3 is 13.9 Å². The van der Waals surface area contributed by atoms with Crippen LogP contribution in [0.3, 0.4) is 0 Å². The highest BCUT2D eigenvalue weighted by molar-refractivity contribution is 5.60. The molecule has 0 saturated heterocycles. The Balaban J connectivity index is 1.77. The molecular weight excluding hydrogens is 326 g/mol. The lowest BCUT2D eigenvalue weighted by atomic mass is 10.0. The molecule has 0 saturated carbocycles. The van der Waals surface area contributed by atoms with E-state index in [4.69, 9.17) is 13.9 Å². The summed E-state index contributed by atoms with van der Waals surface area (Å²) in [6.07, 6.45) is 4.22. The second-order valence-electron chi connectivity index (χ2n) is 5.93. The Bertz CT molecular complexity index is 718. The summed E-state index contributed by atoms with van der Waals surface area (Å²) in [6.45, 7) is 2.44. The van der Waals surface area contributed by atoms with Crippen LogP contribution < -0.4 is 9.47 Å². The van der Waals surface area contributed by atoms with E-state index in [2.05, 4.69) is 17.1 Å². The maximum atomic E-state index is 10.7. The number of nitrogens with zero attached hydrogens (tertiary/aromatic N) is 3. The minimum absolute atomic E-state index is 0.121. The van der Waals surface area contributed by atoms with Crippen molar-refractivity contribution in [3.8, 4) is 23.0 Å². The fourth-order valence-electron chi connectivity index (χ4n) is 2.75. The average Bonchev–Trinajstić information content (AvgIpc) is 3.29. The van der Waals surface area contributed by atoms with Crippen LogP contribution in [0.25, 0.3) is 11.5 Å². The van der Waals surface area contributed by atoms with E-state index in [0.717, 1.165) is 31.2 Å². The predicted octanol–water partition coefficient (Wildman–Crippen LogP) is 2.98. The van der Waals surface area contributed by atoms with Crippen LogP contribution in [0.1, 0.15) is 44.4 Å². The van der Waals surface area contributed by atoms with Gasteiger partial charge in [-0.1, -0.05) is 26.2 Å². The fraction of sp³-hybridized carbons (Fsp3) is 0.471. The number of fused-ring (bicyclic) bond motifs is 1. The number of amides is 1. The molecule has 8 nitrogen and oxygen atoms in total. The lowest BCUT2D eigenvalue weighted by molar-refractivity contribution is -0.151. The second-order valence-corrected chi connectivity index (χ2v) is 5.93. The third-order valence-electron chi connectivity index (χ3n) is 4.09. The Kier molecular flexibility index (Phi) is 5.49. The van der Waals surface area contributed by atoms with Crippen molar-refractivity contribution in [1.29, 1.82) is 0 Å². The third kappa shape index (κ3) is 4.08. The van der Waals surface area contributed by atoms with Crippen molar-refractivity contribution >= 4 is 6.41 Å². The first-order chi connectivity index (χ1) is 12.2. The van der Waals surface area contributed by atoms with Crippen LogP contribution in [-0.2, 0) is 4.79 Å². The van der Waals surface area contributed by atoms with E-state index in [1.807, 2.05) is 6.07 Å². The third-order valence-corrected chi connectivity index (χ3v) is 4.09. The van der Waals surface area contributed by atoms with Crippen molar-refractivity contribution in [2.24, 2.45) is 0 Å². The Morgan fingerprint density at radius 3 is 2.92 bits per heavy atom. The van der Waals surface area contributed by atoms with Gasteiger partial charge in [-0.05, 0) is 24.6 Å². The van der Waals surface area contributed by atoms with E-state index in [9.17, 15) is 10.0 Å². The number of hydrogen-bond acceptors (Lipinski definition) is 7. The Labute approximate surface area is 145 Å². The van der Waals surface area contributed by atoms with Crippen LogP contribution in [0.5, 0.6) is 11.5 Å². The highest BCUT2D eigenvalue weighted by atomic mass is 16.7. The smallest absolute Gasteiger partial charge is 0.247 e. The van der Waals surface area contributed by atoms with Gasteiger partial charge in [-0.15, -0.1) is 10.2 Å². The summed E-state index contributed by atoms with van der Waals surface area (Å²) < 4.78 is 16.4. The van der Waals surface area contributed by atoms with Crippen molar-refractivity contribution in [1.82, 2.24) is 15.3 Å². The van der Waals surface area contributed by atoms with Crippen molar-refractivity contribution in [2.75, 3.05) is 13.3 Å². The van der Waals surface area contributed by atoms with Gasteiger partial charge in [0.05, 0.1) is 12.5 Å². The van der Waals surface area contributed by atoms with Gasteiger partial charge in [0.25, 0.3) is 0 Å². The summed E-state index contributed by atoms with van der Waals surface area (Å²) in [7, 11) is 0. The van der Waals surface area contributed by atoms with E-state index >= 15 is 0 Å². The van der Waals surface area contributed by atoms with Crippen molar-refractivity contribution in [2.45, 2.75) is 38.5 Å². The lowest BCUT2D eigenvalue weighted by Crippen LogP contribution is -2.24. The summed E-state index contributed by atoms with van der Waals surface area (Å²) in [4.78, 5) is 10.7. The minimum Gasteiger partial charge on any atom is -0.454 e. The molecule has 25 heavy (non-hydrogen) atoms. The fourth-order valence-corrected chi connectivity index (χ4v) is 2.75. The Morgan fingerprint density at radius 1 is 1.28 bits per heavy atom. The van der Waals surface area contributed by atoms with Gasteiger partial charge in [0.15, 0.2) is 11.5 Å². The molecule has 1 aromatic carbocycles. The quantitative estimate of drug-likeness (QED) is 0.322. The molecule has 1 amide bonds. The van der Waals surface area contributed by atoms with Gasteiger partial charge >= 0.3 is 0 Å². The minimum atomic E-state index is -0.211. The molecule has 2 heterocycles. The number of ether oxygens (including phenoxy) is 2. The van der Waals surface area contributed by atoms with E-state index < -0.39 is 0 Å². The van der Waals surface area contributed by atoms with Gasteiger partial charge in [0, 0.05) is 5.56 Å². The van der Waals surface area contributed by atoms with E-state index in [-0.39, 0.29) is 19.3 Å². The highest BCUT2D eigenvalue weighted by Crippen LogP contribution is 2.36. The van der Waals surface area contributed by atoms with Gasteiger partial charge in [0.2, 0.25) is 25.0 Å². The van der Waals surface area contributed by atoms with Crippen LogP contribution in [0.15, 0.2) is 22.6 Å². The number of hydroxylamine groups is 2. The highest BCUT2D eigenvalue weighted by Gasteiger charge is 2.22. The topological polar surface area (TPSA) is 97.9 Å². The zero-order chi connectivity index (χ0) is 17.6. The summed E-state index contributed by atoms with van der Waals surface area (Å²) in [5, 5.41) is 18.3. The van der Waals surface area contributed by atoms with Crippen LogP contribution in [-0.4, -0.2) is 40.2 Å². The molecule has 8 heteroatoms. The molecule has 0 fully saturated rings. The zero-order valence-corrected chi connectivity index (χ0v) is 14.1. The first kappa shape index (κ1) is 17.2. The molecular formula is C17H21N3O5. The Morgan fingerprint density at radius 2 is 2.12 bits per heavy atom. The van der Waals surface area contributed by atoms with Crippen LogP contribution in [0, 0.1) is 0 Å². The molecule has 0 aliphatic carbocycles. The molecule has 1 unspecified atom stereocenters. The summed E-state index contributed by atoms with van der Waals surface area (Å²) >= 11 is 0. The summed E-state index contributed by atoms with van der Waals surface area (Å²) in [6, 6.07) is 5.40. The molecule has 0 radical (unpaired) electrons. The number of carbonyl (C=O) groups is 1. The SMILES string of the molecule is CCCCCC(CN(O)C=O)c1nnc(-c2ccc3c(c2)OCO3)o1. The number of carbonyl (C=O) groups excluding carboxylic acids is 1. The molecule has 3 rings (SSSR count). The van der Waals surface area contributed by atoms with Gasteiger partial charge in [-0.3, -0.25) is 10.0 Å². The average molecular weight is 347 g/mol. The second kappa shape index (κ2) is 7.98. The first-order valence-corrected chi connectivity index (χ1v) is 8.35. The van der Waals surface area contributed by atoms with Gasteiger partial charge in [-0.2, -0.15) is 0 Å². The van der Waals surface area contributed by atoms with Crippen molar-refractivity contribution < 1.29 is 23.9 Å². The summed E-state index contributed by atoms with van der Waals surface area (Å²) in [5.41, 5.74) is 0.728. The number of hydrogen-bond donors (Lipinski definition) is 1. The molecule has 1 aliphatic heterocycles. The molecule has 0 spiro atoms. The van der Waals surface area contributed by atoms with E-state index in [1.165, 1.54) is 0 Å². The monoisotopic (exact) mass is 347 g/mol. The lowest BCUT2D eigenvalue weighted by Gasteiger charge is -2.16. The normalized spacial score (nSPS) is 13.7. The first-order valence-electron chi connectivity index (χ1n) is 8.35. The standard InChI is InChI=1S/C17H21N3O5/c1-2-3-4-5-13(9-20(22)10-21)17-19-18-16(25-17)12-6-7-14-15(8-12)24-11-23-14/h6-8,10,13,22H,2-5,9,11H2,1H3. The van der Waals surface area contributed by atoms with E-state index in [0.29, 0.717) is 34.8 Å². The number of aromatic nitrogens is 2. The van der Waals surface area contributed by atoms with Crippen molar-refractivity contribution in [3.05, 3.63) is 24.1 Å². The van der Waals surface area contributed by atoms with E-state index in [1.54, 1.807) is 12.1 Å². The zero-order valence-electron chi connectivity index (χ0n) is 14.1. The number of benzene rings is 1. The number of rotatable bonds is 9. The molecule has 1 aliphatic rings. The predicted molar refractivity (Wildman–Crippen MR) is 87.3 cm³/mol. The van der Waals surface area contributed by atoms with Gasteiger partial charge in [0.1, 0.15) is 0 Å². The van der Waals surface area contributed by atoms with Crippen molar-refractivity contribution in [3.63, 3.8) is 0 Å². The largest absolute Gasteiger partial charge is 0.454 e. The Hall–Kier alpha value is -2.61. The molecule has 2 aromatic rings. The van der Waals surface area contributed by atoms with Crippen LogP contribution in [0.4, 0.5) is 0 Å². The molecule has 1 atom stereocenters. The molecule has 1 N–H and O–H groups in total. The maximum Gasteiger partial charge on any atom is 0.247 e.